The van der Waals surface area contributed by atoms with Gasteiger partial charge >= 0.3 is 0 Å². The highest BCUT2D eigenvalue weighted by atomic mass is 16.9. The second-order valence-electron chi connectivity index (χ2n) is 2.48. The van der Waals surface area contributed by atoms with Crippen molar-refractivity contribution < 1.29 is 19.4 Å². The highest BCUT2D eigenvalue weighted by Crippen LogP contribution is 2.09. The summed E-state index contributed by atoms with van der Waals surface area (Å²) >= 11 is 0. The van der Waals surface area contributed by atoms with Crippen LogP contribution in [0.4, 0.5) is 0 Å². The molecule has 1 fully saturated rings. The Labute approximate surface area is 69.5 Å². The van der Waals surface area contributed by atoms with E-state index in [1.165, 1.54) is 0 Å². The lowest BCUT2D eigenvalue weighted by Gasteiger charge is -2.05. The summed E-state index contributed by atoms with van der Waals surface area (Å²) in [5.74, 6) is 0. The monoisotopic (exact) mass is 177 g/mol. The van der Waals surface area contributed by atoms with Crippen LogP contribution in [0.2, 0.25) is 0 Å². The molecule has 1 rings (SSSR count). The molecule has 0 spiro atoms. The Bertz CT molecular complexity index is 145. The minimum Gasteiger partial charge on any atom is -0.353 e. The SMILES string of the molecule is O=[N+]([O-])OCCCC1COCO1. The van der Waals surface area contributed by atoms with Crippen LogP contribution < -0.4 is 0 Å². The van der Waals surface area contributed by atoms with Gasteiger partial charge in [-0.15, -0.1) is 10.1 Å². The van der Waals surface area contributed by atoms with Gasteiger partial charge in [0.05, 0.1) is 19.3 Å². The zero-order valence-corrected chi connectivity index (χ0v) is 6.60. The predicted molar refractivity (Wildman–Crippen MR) is 37.9 cm³/mol. The molecule has 0 saturated carbocycles. The van der Waals surface area contributed by atoms with Gasteiger partial charge in [-0.2, -0.15) is 0 Å². The molecule has 0 N–H and O–H groups in total. The van der Waals surface area contributed by atoms with Crippen molar-refractivity contribution >= 4 is 0 Å². The molecule has 1 aliphatic heterocycles. The van der Waals surface area contributed by atoms with Crippen LogP contribution in [0, 0.1) is 10.1 Å². The van der Waals surface area contributed by atoms with Gasteiger partial charge in [0, 0.05) is 0 Å². The second kappa shape index (κ2) is 4.89. The average Bonchev–Trinajstić information content (AvgIpc) is 2.49. The molecule has 0 aromatic heterocycles. The molecule has 6 nitrogen and oxygen atoms in total. The van der Waals surface area contributed by atoms with E-state index in [4.69, 9.17) is 9.47 Å². The Kier molecular flexibility index (Phi) is 3.75. The molecule has 1 atom stereocenters. The summed E-state index contributed by atoms with van der Waals surface area (Å²) in [5.41, 5.74) is 0. The van der Waals surface area contributed by atoms with E-state index in [0.717, 1.165) is 6.42 Å². The fraction of sp³-hybridized carbons (Fsp3) is 1.00. The Hall–Kier alpha value is -0.880. The van der Waals surface area contributed by atoms with Crippen LogP contribution >= 0.6 is 0 Å². The van der Waals surface area contributed by atoms with Crippen molar-refractivity contribution in [1.29, 1.82) is 0 Å². The third-order valence-electron chi connectivity index (χ3n) is 1.56. The van der Waals surface area contributed by atoms with Crippen molar-refractivity contribution in [2.45, 2.75) is 18.9 Å². The molecule has 1 heterocycles. The highest BCUT2D eigenvalue weighted by Gasteiger charge is 2.15. The number of rotatable bonds is 5. The molecular formula is C6H11NO5. The lowest BCUT2D eigenvalue weighted by Crippen LogP contribution is -2.11. The summed E-state index contributed by atoms with van der Waals surface area (Å²) in [6.07, 6.45) is 1.45. The Morgan fingerprint density at radius 2 is 2.50 bits per heavy atom. The third kappa shape index (κ3) is 3.49. The molecular weight excluding hydrogens is 166 g/mol. The van der Waals surface area contributed by atoms with Gasteiger partial charge in [-0.25, -0.2) is 0 Å². The van der Waals surface area contributed by atoms with E-state index in [-0.39, 0.29) is 12.7 Å². The minimum absolute atomic E-state index is 0.0837. The predicted octanol–water partition coefficient (Wildman–Crippen LogP) is 0.348. The lowest BCUT2D eigenvalue weighted by atomic mass is 10.2. The summed E-state index contributed by atoms with van der Waals surface area (Å²) < 4.78 is 10.1. The Morgan fingerprint density at radius 3 is 3.08 bits per heavy atom. The maximum Gasteiger partial charge on any atom is 0.294 e. The first-order valence-electron chi connectivity index (χ1n) is 3.75. The normalized spacial score (nSPS) is 22.5. The van der Waals surface area contributed by atoms with E-state index in [1.807, 2.05) is 0 Å². The van der Waals surface area contributed by atoms with Gasteiger partial charge in [0.2, 0.25) is 0 Å². The Morgan fingerprint density at radius 1 is 1.67 bits per heavy atom. The van der Waals surface area contributed by atoms with Crippen LogP contribution in [0.15, 0.2) is 0 Å². The van der Waals surface area contributed by atoms with Crippen molar-refractivity contribution in [2.75, 3.05) is 20.0 Å². The number of hydrogen-bond donors (Lipinski definition) is 0. The van der Waals surface area contributed by atoms with Crippen LogP contribution in [0.5, 0.6) is 0 Å². The fourth-order valence-corrected chi connectivity index (χ4v) is 0.989. The molecule has 1 unspecified atom stereocenters. The topological polar surface area (TPSA) is 70.8 Å². The van der Waals surface area contributed by atoms with Crippen molar-refractivity contribution in [1.82, 2.24) is 0 Å². The van der Waals surface area contributed by atoms with Crippen LogP contribution in [0.1, 0.15) is 12.8 Å². The Balaban J connectivity index is 1.91. The van der Waals surface area contributed by atoms with Gasteiger partial charge in [0.15, 0.2) is 0 Å². The van der Waals surface area contributed by atoms with Crippen LogP contribution in [0.3, 0.4) is 0 Å². The second-order valence-corrected chi connectivity index (χ2v) is 2.48. The van der Waals surface area contributed by atoms with E-state index in [9.17, 15) is 10.1 Å². The molecule has 0 aromatic carbocycles. The van der Waals surface area contributed by atoms with Gasteiger partial charge in [-0.1, -0.05) is 0 Å². The van der Waals surface area contributed by atoms with Crippen LogP contribution in [0.25, 0.3) is 0 Å². The number of hydrogen-bond acceptors (Lipinski definition) is 5. The average molecular weight is 177 g/mol. The smallest absolute Gasteiger partial charge is 0.294 e. The fourth-order valence-electron chi connectivity index (χ4n) is 0.989. The summed E-state index contributed by atoms with van der Waals surface area (Å²) in [6.45, 7) is 1.05. The van der Waals surface area contributed by atoms with Gasteiger partial charge in [0.25, 0.3) is 5.09 Å². The quantitative estimate of drug-likeness (QED) is 0.344. The summed E-state index contributed by atoms with van der Waals surface area (Å²) in [7, 11) is 0. The molecule has 0 amide bonds. The summed E-state index contributed by atoms with van der Waals surface area (Å²) in [4.78, 5) is 13.9. The first kappa shape index (κ1) is 9.21. The first-order chi connectivity index (χ1) is 5.79. The standard InChI is InChI=1S/C6H11NO5/c8-7(9)12-3-1-2-6-4-10-5-11-6/h6H,1-5H2. The van der Waals surface area contributed by atoms with E-state index >= 15 is 0 Å². The van der Waals surface area contributed by atoms with Crippen molar-refractivity contribution in [3.05, 3.63) is 10.1 Å². The lowest BCUT2D eigenvalue weighted by molar-refractivity contribution is -0.757. The van der Waals surface area contributed by atoms with Crippen molar-refractivity contribution in [2.24, 2.45) is 0 Å². The molecule has 0 aliphatic carbocycles. The van der Waals surface area contributed by atoms with Gasteiger partial charge in [-0.3, -0.25) is 0 Å². The van der Waals surface area contributed by atoms with Crippen molar-refractivity contribution in [3.8, 4) is 0 Å². The van der Waals surface area contributed by atoms with E-state index < -0.39 is 5.09 Å². The van der Waals surface area contributed by atoms with Gasteiger partial charge in [0.1, 0.15) is 6.79 Å². The molecule has 0 radical (unpaired) electrons. The van der Waals surface area contributed by atoms with E-state index in [2.05, 4.69) is 4.84 Å². The molecule has 0 bridgehead atoms. The minimum atomic E-state index is -0.786. The zero-order chi connectivity index (χ0) is 8.81. The number of ether oxygens (including phenoxy) is 2. The molecule has 70 valence electrons. The zero-order valence-electron chi connectivity index (χ0n) is 6.60. The van der Waals surface area contributed by atoms with Gasteiger partial charge < -0.3 is 14.3 Å². The maximum atomic E-state index is 9.72. The maximum absolute atomic E-state index is 9.72. The van der Waals surface area contributed by atoms with E-state index in [0.29, 0.717) is 19.8 Å². The summed E-state index contributed by atoms with van der Waals surface area (Å²) in [6, 6.07) is 0. The highest BCUT2D eigenvalue weighted by molar-refractivity contribution is 4.58. The third-order valence-corrected chi connectivity index (χ3v) is 1.56. The van der Waals surface area contributed by atoms with E-state index in [1.54, 1.807) is 0 Å². The van der Waals surface area contributed by atoms with Crippen LogP contribution in [-0.2, 0) is 14.3 Å². The first-order valence-corrected chi connectivity index (χ1v) is 3.75. The molecule has 1 saturated heterocycles. The van der Waals surface area contributed by atoms with Crippen LogP contribution in [-0.4, -0.2) is 31.2 Å². The molecule has 12 heavy (non-hydrogen) atoms. The summed E-state index contributed by atoms with van der Waals surface area (Å²) in [5, 5.41) is 8.94. The molecule has 0 aromatic rings. The molecule has 1 aliphatic rings. The van der Waals surface area contributed by atoms with Crippen molar-refractivity contribution in [3.63, 3.8) is 0 Å². The number of nitrogens with zero attached hydrogens (tertiary/aromatic N) is 1. The molecule has 6 heteroatoms. The largest absolute Gasteiger partial charge is 0.353 e. The van der Waals surface area contributed by atoms with Gasteiger partial charge in [-0.05, 0) is 12.8 Å².